The number of carbonyl (C=O) groups excluding carboxylic acids is 1. The van der Waals surface area contributed by atoms with Crippen molar-refractivity contribution in [3.63, 3.8) is 0 Å². The van der Waals surface area contributed by atoms with E-state index in [-0.39, 0.29) is 11.8 Å². The van der Waals surface area contributed by atoms with Crippen molar-refractivity contribution in [2.45, 2.75) is 12.6 Å². The normalized spacial score (nSPS) is 20.1. The number of amides is 1. The van der Waals surface area contributed by atoms with Crippen molar-refractivity contribution >= 4 is 46.2 Å². The van der Waals surface area contributed by atoms with Gasteiger partial charge in [-0.15, -0.1) is 0 Å². The Balaban J connectivity index is 1.59. The number of benzodiazepines with no additional fused rings is 1. The SMILES string of the molecule is CN1C(=O)C(NC(=S)NCC2C=CC(N)=CC2)N=C(c2ccccc2)c2cc(Cl)ccc21. The average Bonchev–Trinajstić information content (AvgIpc) is 2.89. The highest BCUT2D eigenvalue weighted by Gasteiger charge is 2.30. The van der Waals surface area contributed by atoms with Crippen molar-refractivity contribution in [3.05, 3.63) is 88.6 Å². The Morgan fingerprint density at radius 2 is 2.06 bits per heavy atom. The molecule has 1 aliphatic heterocycles. The lowest BCUT2D eigenvalue weighted by molar-refractivity contribution is -0.119. The van der Waals surface area contributed by atoms with Crippen LogP contribution in [0.25, 0.3) is 0 Å². The maximum Gasteiger partial charge on any atom is 0.272 e. The van der Waals surface area contributed by atoms with E-state index in [1.54, 1.807) is 18.0 Å². The molecule has 0 spiro atoms. The Bertz CT molecular complexity index is 1130. The summed E-state index contributed by atoms with van der Waals surface area (Å²) in [6.07, 6.45) is 5.91. The Morgan fingerprint density at radius 3 is 2.78 bits per heavy atom. The number of halogens is 1. The van der Waals surface area contributed by atoms with Gasteiger partial charge >= 0.3 is 0 Å². The summed E-state index contributed by atoms with van der Waals surface area (Å²) in [7, 11) is 1.73. The molecule has 2 aromatic rings. The summed E-state index contributed by atoms with van der Waals surface area (Å²) in [4.78, 5) is 19.6. The first-order valence-corrected chi connectivity index (χ1v) is 11.1. The zero-order chi connectivity index (χ0) is 22.7. The van der Waals surface area contributed by atoms with Gasteiger partial charge in [0.25, 0.3) is 5.91 Å². The van der Waals surface area contributed by atoms with Crippen LogP contribution in [0.2, 0.25) is 5.02 Å². The number of hydrogen-bond donors (Lipinski definition) is 3. The van der Waals surface area contributed by atoms with Crippen LogP contribution in [0.5, 0.6) is 0 Å². The van der Waals surface area contributed by atoms with E-state index in [4.69, 9.17) is 34.5 Å². The Labute approximate surface area is 197 Å². The standard InChI is InChI=1S/C24H24ClN5OS/c1-30-20-12-9-17(25)13-19(20)21(16-5-3-2-4-6-16)28-22(23(30)31)29-24(32)27-14-15-7-10-18(26)11-8-15/h2-7,9-13,15,22H,8,14,26H2,1H3,(H2,27,29,32). The van der Waals surface area contributed by atoms with E-state index in [1.165, 1.54) is 0 Å². The molecule has 4 N–H and O–H groups in total. The second kappa shape index (κ2) is 9.54. The highest BCUT2D eigenvalue weighted by Crippen LogP contribution is 2.29. The molecule has 2 unspecified atom stereocenters. The van der Waals surface area contributed by atoms with E-state index < -0.39 is 6.17 Å². The van der Waals surface area contributed by atoms with Crippen molar-refractivity contribution in [3.8, 4) is 0 Å². The average molecular weight is 466 g/mol. The van der Waals surface area contributed by atoms with Gasteiger partial charge < -0.3 is 21.3 Å². The van der Waals surface area contributed by atoms with E-state index in [0.717, 1.165) is 28.9 Å². The van der Waals surface area contributed by atoms with Crippen LogP contribution in [0.3, 0.4) is 0 Å². The number of thiocarbonyl (C=S) groups is 1. The Morgan fingerprint density at radius 1 is 1.28 bits per heavy atom. The molecule has 2 aromatic carbocycles. The molecule has 32 heavy (non-hydrogen) atoms. The molecule has 0 radical (unpaired) electrons. The van der Waals surface area contributed by atoms with Crippen molar-refractivity contribution in [2.75, 3.05) is 18.5 Å². The fourth-order valence-corrected chi connectivity index (χ4v) is 4.07. The molecule has 0 bridgehead atoms. The van der Waals surface area contributed by atoms with Crippen molar-refractivity contribution in [1.29, 1.82) is 0 Å². The van der Waals surface area contributed by atoms with Gasteiger partial charge in [0, 0.05) is 35.4 Å². The lowest BCUT2D eigenvalue weighted by Gasteiger charge is -2.23. The third kappa shape index (κ3) is 4.84. The minimum atomic E-state index is -0.876. The number of carbonyl (C=O) groups is 1. The molecule has 2 aliphatic rings. The Kier molecular flexibility index (Phi) is 6.58. The minimum Gasteiger partial charge on any atom is -0.399 e. The summed E-state index contributed by atoms with van der Waals surface area (Å²) in [6.45, 7) is 0.633. The number of anilines is 1. The molecule has 2 atom stereocenters. The number of nitrogens with zero attached hydrogens (tertiary/aromatic N) is 2. The number of fused-ring (bicyclic) bond motifs is 1. The van der Waals surface area contributed by atoms with E-state index in [2.05, 4.69) is 16.7 Å². The lowest BCUT2D eigenvalue weighted by Crippen LogP contribution is -2.49. The number of hydrogen-bond acceptors (Lipinski definition) is 4. The van der Waals surface area contributed by atoms with E-state index >= 15 is 0 Å². The van der Waals surface area contributed by atoms with Gasteiger partial charge in [-0.25, -0.2) is 4.99 Å². The second-order valence-corrected chi connectivity index (χ2v) is 8.56. The fraction of sp³-hybridized carbons (Fsp3) is 0.208. The zero-order valence-electron chi connectivity index (χ0n) is 17.6. The van der Waals surface area contributed by atoms with Crippen LogP contribution in [-0.4, -0.2) is 36.5 Å². The van der Waals surface area contributed by atoms with E-state index in [1.807, 2.05) is 54.6 Å². The minimum absolute atomic E-state index is 0.211. The molecule has 0 aromatic heterocycles. The summed E-state index contributed by atoms with van der Waals surface area (Å²) < 4.78 is 0. The van der Waals surface area contributed by atoms with Gasteiger partial charge in [-0.05, 0) is 48.8 Å². The number of likely N-dealkylation sites (N-methyl/N-ethyl adjacent to an activating group) is 1. The van der Waals surface area contributed by atoms with Crippen LogP contribution in [0.1, 0.15) is 17.5 Å². The molecule has 0 saturated carbocycles. The van der Waals surface area contributed by atoms with E-state index in [0.29, 0.717) is 22.4 Å². The quantitative estimate of drug-likeness (QED) is 0.603. The van der Waals surface area contributed by atoms with Gasteiger partial charge in [0.1, 0.15) is 0 Å². The number of nitrogens with two attached hydrogens (primary N) is 1. The van der Waals surface area contributed by atoms with Crippen LogP contribution in [-0.2, 0) is 4.79 Å². The monoisotopic (exact) mass is 465 g/mol. The number of aliphatic imine (C=N–C) groups is 1. The van der Waals surface area contributed by atoms with Gasteiger partial charge in [-0.3, -0.25) is 4.79 Å². The molecular weight excluding hydrogens is 442 g/mol. The molecule has 1 aliphatic carbocycles. The third-order valence-corrected chi connectivity index (χ3v) is 5.95. The zero-order valence-corrected chi connectivity index (χ0v) is 19.2. The number of rotatable bonds is 4. The van der Waals surface area contributed by atoms with Gasteiger partial charge in [0.2, 0.25) is 6.17 Å². The summed E-state index contributed by atoms with van der Waals surface area (Å²) in [5.74, 6) is 0.0706. The molecule has 164 valence electrons. The van der Waals surface area contributed by atoms with E-state index in [9.17, 15) is 4.79 Å². The van der Waals surface area contributed by atoms with Gasteiger partial charge in [-0.2, -0.15) is 0 Å². The largest absolute Gasteiger partial charge is 0.399 e. The van der Waals surface area contributed by atoms with Crippen LogP contribution < -0.4 is 21.3 Å². The Hall–Kier alpha value is -3.16. The second-order valence-electron chi connectivity index (χ2n) is 7.72. The molecule has 1 heterocycles. The van der Waals surface area contributed by atoms with Gasteiger partial charge in [0.05, 0.1) is 11.4 Å². The summed E-state index contributed by atoms with van der Waals surface area (Å²) in [5, 5.41) is 7.22. The first kappa shape index (κ1) is 22.0. The molecule has 0 saturated heterocycles. The summed E-state index contributed by atoms with van der Waals surface area (Å²) in [5.41, 5.74) is 9.65. The van der Waals surface area contributed by atoms with Crippen LogP contribution in [0.15, 0.2) is 77.4 Å². The van der Waals surface area contributed by atoms with Crippen LogP contribution >= 0.6 is 23.8 Å². The molecule has 0 fully saturated rings. The predicted molar refractivity (Wildman–Crippen MR) is 134 cm³/mol. The highest BCUT2D eigenvalue weighted by atomic mass is 35.5. The first-order chi connectivity index (χ1) is 15.4. The summed E-state index contributed by atoms with van der Waals surface area (Å²) >= 11 is 11.8. The van der Waals surface area contributed by atoms with Gasteiger partial charge in [-0.1, -0.05) is 54.1 Å². The number of allylic oxidation sites excluding steroid dienone is 2. The molecule has 6 nitrogen and oxygen atoms in total. The van der Waals surface area contributed by atoms with Crippen molar-refractivity contribution in [2.24, 2.45) is 16.6 Å². The van der Waals surface area contributed by atoms with Crippen LogP contribution in [0.4, 0.5) is 5.69 Å². The maximum absolute atomic E-state index is 13.3. The third-order valence-electron chi connectivity index (χ3n) is 5.45. The van der Waals surface area contributed by atoms with Crippen molar-refractivity contribution in [1.82, 2.24) is 10.6 Å². The smallest absolute Gasteiger partial charge is 0.272 e. The molecular formula is C24H24ClN5OS. The van der Waals surface area contributed by atoms with Crippen molar-refractivity contribution < 1.29 is 4.79 Å². The highest BCUT2D eigenvalue weighted by molar-refractivity contribution is 7.80. The molecule has 4 rings (SSSR count). The predicted octanol–water partition coefficient (Wildman–Crippen LogP) is 3.36. The maximum atomic E-state index is 13.3. The number of benzene rings is 2. The lowest BCUT2D eigenvalue weighted by atomic mass is 10.00. The van der Waals surface area contributed by atoms with Gasteiger partial charge in [0.15, 0.2) is 5.11 Å². The fourth-order valence-electron chi connectivity index (χ4n) is 3.70. The van der Waals surface area contributed by atoms with Crippen LogP contribution in [0, 0.1) is 5.92 Å². The topological polar surface area (TPSA) is 82.8 Å². The first-order valence-electron chi connectivity index (χ1n) is 10.3. The molecule has 8 heteroatoms. The molecule has 1 amide bonds. The summed E-state index contributed by atoms with van der Waals surface area (Å²) in [6, 6.07) is 15.2. The number of nitrogens with one attached hydrogen (secondary N) is 2.